The molecule has 1 atom stereocenters. The topological polar surface area (TPSA) is 33.1 Å². The Bertz CT molecular complexity index is 391. The Kier molecular flexibility index (Phi) is 4.63. The molecular formula is C15H28N4. The number of piperidine rings is 1. The minimum Gasteiger partial charge on any atom is -0.311 e. The summed E-state index contributed by atoms with van der Waals surface area (Å²) < 4.78 is 1.89. The molecule has 1 aliphatic heterocycles. The van der Waals surface area contributed by atoms with Crippen LogP contribution in [-0.2, 0) is 13.6 Å². The highest BCUT2D eigenvalue weighted by Crippen LogP contribution is 2.19. The second kappa shape index (κ2) is 6.06. The van der Waals surface area contributed by atoms with E-state index in [0.717, 1.165) is 13.1 Å². The van der Waals surface area contributed by atoms with Crippen LogP contribution in [0.5, 0.6) is 0 Å². The lowest BCUT2D eigenvalue weighted by Gasteiger charge is -2.37. The molecule has 19 heavy (non-hydrogen) atoms. The molecule has 2 rings (SSSR count). The maximum absolute atomic E-state index is 4.27. The third kappa shape index (κ3) is 4.62. The lowest BCUT2D eigenvalue weighted by molar-refractivity contribution is 0.131. The van der Waals surface area contributed by atoms with Crippen molar-refractivity contribution in [3.05, 3.63) is 18.0 Å². The molecular weight excluding hydrogens is 236 g/mol. The van der Waals surface area contributed by atoms with E-state index >= 15 is 0 Å². The Balaban J connectivity index is 1.92. The quantitative estimate of drug-likeness (QED) is 0.904. The Morgan fingerprint density at radius 2 is 2.16 bits per heavy atom. The Labute approximate surface area is 117 Å². The summed E-state index contributed by atoms with van der Waals surface area (Å²) in [5, 5.41) is 7.92. The first-order valence-corrected chi connectivity index (χ1v) is 7.41. The molecule has 0 aromatic carbocycles. The zero-order chi connectivity index (χ0) is 13.9. The van der Waals surface area contributed by atoms with Gasteiger partial charge in [0.2, 0.25) is 0 Å². The van der Waals surface area contributed by atoms with Crippen LogP contribution in [0.3, 0.4) is 0 Å². The van der Waals surface area contributed by atoms with Gasteiger partial charge in [0.15, 0.2) is 0 Å². The van der Waals surface area contributed by atoms with Crippen LogP contribution >= 0.6 is 0 Å². The molecule has 0 aliphatic carbocycles. The lowest BCUT2D eigenvalue weighted by atomic mass is 10.00. The molecule has 0 amide bonds. The molecule has 1 saturated heterocycles. The monoisotopic (exact) mass is 264 g/mol. The van der Waals surface area contributed by atoms with Gasteiger partial charge in [-0.1, -0.05) is 6.42 Å². The fourth-order valence-electron chi connectivity index (χ4n) is 2.71. The number of nitrogens with one attached hydrogen (secondary N) is 1. The molecule has 1 fully saturated rings. The molecule has 0 radical (unpaired) electrons. The number of nitrogens with zero attached hydrogens (tertiary/aromatic N) is 3. The van der Waals surface area contributed by atoms with Gasteiger partial charge < -0.3 is 5.32 Å². The summed E-state index contributed by atoms with van der Waals surface area (Å²) in [6.45, 7) is 10.0. The highest BCUT2D eigenvalue weighted by Gasteiger charge is 2.24. The Hall–Kier alpha value is -0.870. The normalized spacial score (nSPS) is 21.8. The number of aromatic nitrogens is 2. The summed E-state index contributed by atoms with van der Waals surface area (Å²) in [4.78, 5) is 2.61. The molecule has 4 heteroatoms. The van der Waals surface area contributed by atoms with E-state index in [2.05, 4.69) is 42.3 Å². The summed E-state index contributed by atoms with van der Waals surface area (Å²) in [5.41, 5.74) is 1.53. The van der Waals surface area contributed by atoms with E-state index in [1.54, 1.807) is 0 Å². The van der Waals surface area contributed by atoms with Crippen molar-refractivity contribution >= 4 is 0 Å². The van der Waals surface area contributed by atoms with Crippen LogP contribution in [0.25, 0.3) is 0 Å². The predicted octanol–water partition coefficient (Wildman–Crippen LogP) is 2.16. The number of aryl methyl sites for hydroxylation is 1. The molecule has 4 nitrogen and oxygen atoms in total. The van der Waals surface area contributed by atoms with Gasteiger partial charge in [-0.05, 0) is 40.2 Å². The standard InChI is InChI=1S/C15H28N4/c1-15(2,3)16-10-14-7-5-6-8-19(14)12-13-9-17-18(4)11-13/h9,11,14,16H,5-8,10,12H2,1-4H3. The average molecular weight is 264 g/mol. The minimum atomic E-state index is 0.206. The second-order valence-electron chi connectivity index (χ2n) is 6.77. The van der Waals surface area contributed by atoms with Gasteiger partial charge in [-0.3, -0.25) is 9.58 Å². The van der Waals surface area contributed by atoms with Gasteiger partial charge in [0.1, 0.15) is 0 Å². The van der Waals surface area contributed by atoms with Crippen molar-refractivity contribution < 1.29 is 0 Å². The van der Waals surface area contributed by atoms with Crippen molar-refractivity contribution in [3.63, 3.8) is 0 Å². The van der Waals surface area contributed by atoms with Crippen molar-refractivity contribution in [2.45, 2.75) is 58.2 Å². The fourth-order valence-corrected chi connectivity index (χ4v) is 2.71. The number of rotatable bonds is 4. The molecule has 108 valence electrons. The van der Waals surface area contributed by atoms with Crippen molar-refractivity contribution in [1.29, 1.82) is 0 Å². The van der Waals surface area contributed by atoms with E-state index in [1.807, 2.05) is 17.9 Å². The van der Waals surface area contributed by atoms with Crippen molar-refractivity contribution in [3.8, 4) is 0 Å². The van der Waals surface area contributed by atoms with Gasteiger partial charge in [-0.15, -0.1) is 0 Å². The SMILES string of the molecule is Cn1cc(CN2CCCCC2CNC(C)(C)C)cn1. The van der Waals surface area contributed by atoms with Crippen LogP contribution in [0.1, 0.15) is 45.6 Å². The molecule has 0 saturated carbocycles. The van der Waals surface area contributed by atoms with Crippen LogP contribution < -0.4 is 5.32 Å². The number of hydrogen-bond donors (Lipinski definition) is 1. The largest absolute Gasteiger partial charge is 0.311 e. The molecule has 1 aromatic heterocycles. The third-order valence-electron chi connectivity index (χ3n) is 3.76. The van der Waals surface area contributed by atoms with E-state index in [0.29, 0.717) is 6.04 Å². The number of likely N-dealkylation sites (tertiary alicyclic amines) is 1. The van der Waals surface area contributed by atoms with Crippen LogP contribution in [0.2, 0.25) is 0 Å². The molecule has 1 aliphatic rings. The first kappa shape index (κ1) is 14.5. The molecule has 1 aromatic rings. The van der Waals surface area contributed by atoms with Crippen LogP contribution in [0.4, 0.5) is 0 Å². The zero-order valence-electron chi connectivity index (χ0n) is 12.8. The van der Waals surface area contributed by atoms with E-state index in [4.69, 9.17) is 0 Å². The average Bonchev–Trinajstić information content (AvgIpc) is 2.73. The highest BCUT2D eigenvalue weighted by atomic mass is 15.2. The van der Waals surface area contributed by atoms with E-state index < -0.39 is 0 Å². The zero-order valence-corrected chi connectivity index (χ0v) is 12.8. The summed E-state index contributed by atoms with van der Waals surface area (Å²) in [5.74, 6) is 0. The van der Waals surface area contributed by atoms with E-state index in [-0.39, 0.29) is 5.54 Å². The molecule has 1 N–H and O–H groups in total. The maximum atomic E-state index is 4.27. The fraction of sp³-hybridized carbons (Fsp3) is 0.800. The minimum absolute atomic E-state index is 0.206. The predicted molar refractivity (Wildman–Crippen MR) is 79.0 cm³/mol. The van der Waals surface area contributed by atoms with Crippen LogP contribution in [0.15, 0.2) is 12.4 Å². The highest BCUT2D eigenvalue weighted by molar-refractivity contribution is 5.04. The smallest absolute Gasteiger partial charge is 0.0534 e. The molecule has 2 heterocycles. The molecule has 0 bridgehead atoms. The van der Waals surface area contributed by atoms with Crippen LogP contribution in [0, 0.1) is 0 Å². The summed E-state index contributed by atoms with van der Waals surface area (Å²) >= 11 is 0. The second-order valence-corrected chi connectivity index (χ2v) is 6.77. The van der Waals surface area contributed by atoms with Gasteiger partial charge >= 0.3 is 0 Å². The Morgan fingerprint density at radius 3 is 2.79 bits per heavy atom. The summed E-state index contributed by atoms with van der Waals surface area (Å²) in [7, 11) is 1.98. The van der Waals surface area contributed by atoms with Crippen molar-refractivity contribution in [1.82, 2.24) is 20.0 Å². The number of hydrogen-bond acceptors (Lipinski definition) is 3. The maximum Gasteiger partial charge on any atom is 0.0534 e. The molecule has 1 unspecified atom stereocenters. The van der Waals surface area contributed by atoms with Gasteiger partial charge in [-0.2, -0.15) is 5.10 Å². The first-order chi connectivity index (χ1) is 8.94. The third-order valence-corrected chi connectivity index (χ3v) is 3.76. The van der Waals surface area contributed by atoms with Crippen molar-refractivity contribution in [2.24, 2.45) is 7.05 Å². The first-order valence-electron chi connectivity index (χ1n) is 7.41. The summed E-state index contributed by atoms with van der Waals surface area (Å²) in [6.07, 6.45) is 8.11. The van der Waals surface area contributed by atoms with Gasteiger partial charge in [0.25, 0.3) is 0 Å². The van der Waals surface area contributed by atoms with Gasteiger partial charge in [0, 0.05) is 43.5 Å². The van der Waals surface area contributed by atoms with Crippen molar-refractivity contribution in [2.75, 3.05) is 13.1 Å². The summed E-state index contributed by atoms with van der Waals surface area (Å²) in [6, 6.07) is 0.660. The lowest BCUT2D eigenvalue weighted by Crippen LogP contribution is -2.49. The van der Waals surface area contributed by atoms with Gasteiger partial charge in [0.05, 0.1) is 6.20 Å². The van der Waals surface area contributed by atoms with E-state index in [9.17, 15) is 0 Å². The van der Waals surface area contributed by atoms with Crippen LogP contribution in [-0.4, -0.2) is 39.4 Å². The molecule has 0 spiro atoms. The van der Waals surface area contributed by atoms with Gasteiger partial charge in [-0.25, -0.2) is 0 Å². The van der Waals surface area contributed by atoms with E-state index in [1.165, 1.54) is 31.4 Å². The Morgan fingerprint density at radius 1 is 1.37 bits per heavy atom.